The molecule has 44 heavy (non-hydrogen) atoms. The van der Waals surface area contributed by atoms with E-state index in [2.05, 4.69) is 58.4 Å². The van der Waals surface area contributed by atoms with Gasteiger partial charge < -0.3 is 16.0 Å². The largest absolute Gasteiger partial charge is 0.351 e. The highest BCUT2D eigenvalue weighted by Crippen LogP contribution is 2.32. The second-order valence-electron chi connectivity index (χ2n) is 11.5. The maximum absolute atomic E-state index is 14.1. The van der Waals surface area contributed by atoms with Gasteiger partial charge in [0.05, 0.1) is 12.5 Å². The first kappa shape index (κ1) is 31.5. The summed E-state index contributed by atoms with van der Waals surface area (Å²) in [5.41, 5.74) is 11.3. The minimum atomic E-state index is -0.154. The third kappa shape index (κ3) is 7.94. The van der Waals surface area contributed by atoms with E-state index in [1.54, 1.807) is 0 Å². The predicted molar refractivity (Wildman–Crippen MR) is 178 cm³/mol. The van der Waals surface area contributed by atoms with Gasteiger partial charge in [0.15, 0.2) is 0 Å². The van der Waals surface area contributed by atoms with E-state index in [-0.39, 0.29) is 23.9 Å². The van der Waals surface area contributed by atoms with Gasteiger partial charge in [-0.15, -0.1) is 0 Å². The number of rotatable bonds is 11. The number of hydrogen-bond acceptors (Lipinski definition) is 4. The second kappa shape index (κ2) is 15.2. The molecule has 0 bridgehead atoms. The summed E-state index contributed by atoms with van der Waals surface area (Å²) in [7, 11) is 0. The van der Waals surface area contributed by atoms with Crippen molar-refractivity contribution in [1.29, 1.82) is 0 Å². The molecule has 1 atom stereocenters. The van der Waals surface area contributed by atoms with Crippen LogP contribution in [0, 0.1) is 0 Å². The molecule has 0 spiro atoms. The third-order valence-corrected chi connectivity index (χ3v) is 8.71. The van der Waals surface area contributed by atoms with Crippen molar-refractivity contribution >= 4 is 23.4 Å². The van der Waals surface area contributed by atoms with E-state index in [4.69, 9.17) is 17.3 Å². The lowest BCUT2D eigenvalue weighted by Gasteiger charge is -2.42. The molecular formula is C37H41ClN4O2. The average molecular weight is 609 g/mol. The number of piperidine rings is 1. The van der Waals surface area contributed by atoms with E-state index in [1.807, 2.05) is 66.7 Å². The summed E-state index contributed by atoms with van der Waals surface area (Å²) >= 11 is 6.12. The number of nitrogens with one attached hydrogen (secondary N) is 1. The maximum Gasteiger partial charge on any atom is 0.251 e. The van der Waals surface area contributed by atoms with Gasteiger partial charge in [-0.25, -0.2) is 0 Å². The summed E-state index contributed by atoms with van der Waals surface area (Å²) < 4.78 is 0. The molecule has 1 aliphatic heterocycles. The van der Waals surface area contributed by atoms with Crippen LogP contribution in [-0.4, -0.2) is 53.8 Å². The molecule has 2 amide bonds. The van der Waals surface area contributed by atoms with Gasteiger partial charge in [-0.2, -0.15) is 0 Å². The molecule has 1 heterocycles. The summed E-state index contributed by atoms with van der Waals surface area (Å²) in [6, 6.07) is 33.9. The number of carbonyl (C=O) groups excluding carboxylic acids is 2. The summed E-state index contributed by atoms with van der Waals surface area (Å²) in [6.07, 6.45) is 2.14. The SMILES string of the molecule is CC(c1cccc(-c2ccccc2C(=O)NCCN)c1)N(C(=O)Cc1ccc(Cl)cc1)C1CCN(Cc2ccccc2)CC1. The highest BCUT2D eigenvalue weighted by Gasteiger charge is 2.32. The van der Waals surface area contributed by atoms with Crippen LogP contribution in [0.25, 0.3) is 11.1 Å². The molecule has 0 aromatic heterocycles. The van der Waals surface area contributed by atoms with Crippen molar-refractivity contribution in [3.63, 3.8) is 0 Å². The highest BCUT2D eigenvalue weighted by atomic mass is 35.5. The smallest absolute Gasteiger partial charge is 0.251 e. The average Bonchev–Trinajstić information content (AvgIpc) is 3.06. The van der Waals surface area contributed by atoms with E-state index >= 15 is 0 Å². The number of amides is 2. The Morgan fingerprint density at radius 1 is 0.909 bits per heavy atom. The first-order valence-corrected chi connectivity index (χ1v) is 15.8. The van der Waals surface area contributed by atoms with Crippen molar-refractivity contribution in [3.8, 4) is 11.1 Å². The molecule has 1 fully saturated rings. The van der Waals surface area contributed by atoms with Gasteiger partial charge in [0.25, 0.3) is 5.91 Å². The fourth-order valence-corrected chi connectivity index (χ4v) is 6.27. The van der Waals surface area contributed by atoms with E-state index in [9.17, 15) is 9.59 Å². The summed E-state index contributed by atoms with van der Waals surface area (Å²) in [6.45, 7) is 5.70. The molecule has 0 radical (unpaired) electrons. The summed E-state index contributed by atoms with van der Waals surface area (Å²) in [4.78, 5) is 31.6. The monoisotopic (exact) mass is 608 g/mol. The van der Waals surface area contributed by atoms with Gasteiger partial charge >= 0.3 is 0 Å². The minimum Gasteiger partial charge on any atom is -0.351 e. The Hall–Kier alpha value is -3.97. The van der Waals surface area contributed by atoms with Gasteiger partial charge in [-0.05, 0) is 71.8 Å². The zero-order chi connectivity index (χ0) is 30.9. The summed E-state index contributed by atoms with van der Waals surface area (Å²) in [5.74, 6) is -0.0418. The maximum atomic E-state index is 14.1. The van der Waals surface area contributed by atoms with Gasteiger partial charge in [0.2, 0.25) is 5.91 Å². The van der Waals surface area contributed by atoms with Crippen LogP contribution in [0.3, 0.4) is 0 Å². The molecule has 0 aliphatic carbocycles. The number of benzene rings is 4. The second-order valence-corrected chi connectivity index (χ2v) is 11.9. The lowest BCUT2D eigenvalue weighted by molar-refractivity contribution is -0.136. The number of hydrogen-bond donors (Lipinski definition) is 2. The van der Waals surface area contributed by atoms with Crippen LogP contribution in [0.5, 0.6) is 0 Å². The quantitative estimate of drug-likeness (QED) is 0.204. The molecule has 3 N–H and O–H groups in total. The fraction of sp³-hybridized carbons (Fsp3) is 0.297. The van der Waals surface area contributed by atoms with Crippen LogP contribution in [0.1, 0.15) is 52.9 Å². The molecular weight excluding hydrogens is 568 g/mol. The first-order chi connectivity index (χ1) is 21.4. The normalized spacial score (nSPS) is 14.6. The Bertz CT molecular complexity index is 1530. The van der Waals surface area contributed by atoms with Crippen LogP contribution < -0.4 is 11.1 Å². The van der Waals surface area contributed by atoms with Crippen molar-refractivity contribution < 1.29 is 9.59 Å². The molecule has 0 saturated carbocycles. The molecule has 4 aromatic rings. The van der Waals surface area contributed by atoms with Crippen LogP contribution in [0.15, 0.2) is 103 Å². The Labute approximate surface area is 265 Å². The molecule has 1 unspecified atom stereocenters. The number of carbonyl (C=O) groups is 2. The molecule has 1 saturated heterocycles. The molecule has 6 nitrogen and oxygen atoms in total. The van der Waals surface area contributed by atoms with E-state index in [0.717, 1.165) is 54.7 Å². The van der Waals surface area contributed by atoms with Crippen molar-refractivity contribution in [1.82, 2.24) is 15.1 Å². The molecule has 7 heteroatoms. The molecule has 1 aliphatic rings. The van der Waals surface area contributed by atoms with Gasteiger partial charge in [-0.3, -0.25) is 14.5 Å². The molecule has 5 rings (SSSR count). The van der Waals surface area contributed by atoms with Crippen molar-refractivity contribution in [2.45, 2.75) is 44.8 Å². The Balaban J connectivity index is 1.39. The van der Waals surface area contributed by atoms with Crippen molar-refractivity contribution in [2.75, 3.05) is 26.2 Å². The van der Waals surface area contributed by atoms with Crippen LogP contribution in [-0.2, 0) is 17.8 Å². The van der Waals surface area contributed by atoms with Crippen LogP contribution in [0.4, 0.5) is 0 Å². The van der Waals surface area contributed by atoms with Crippen LogP contribution >= 0.6 is 11.6 Å². The first-order valence-electron chi connectivity index (χ1n) is 15.4. The Morgan fingerprint density at radius 2 is 1.61 bits per heavy atom. The van der Waals surface area contributed by atoms with Gasteiger partial charge in [0, 0.05) is 49.4 Å². The van der Waals surface area contributed by atoms with E-state index in [1.165, 1.54) is 5.56 Å². The predicted octanol–water partition coefficient (Wildman–Crippen LogP) is 6.49. The van der Waals surface area contributed by atoms with E-state index in [0.29, 0.717) is 30.1 Å². The van der Waals surface area contributed by atoms with Crippen molar-refractivity contribution in [2.24, 2.45) is 5.73 Å². The molecule has 228 valence electrons. The topological polar surface area (TPSA) is 78.7 Å². The van der Waals surface area contributed by atoms with Crippen molar-refractivity contribution in [3.05, 3.63) is 130 Å². The third-order valence-electron chi connectivity index (χ3n) is 8.45. The standard InChI is InChI=1S/C37H41ClN4O2/c1-27(30-10-7-11-31(25-30)34-12-5-6-13-35(34)37(44)40-21-20-39)42(36(43)24-28-14-16-32(38)17-15-28)33-18-22-41(23-19-33)26-29-8-3-2-4-9-29/h2-17,25,27,33H,18-24,26,39H2,1H3,(H,40,44). The minimum absolute atomic E-state index is 0.105. The number of nitrogens with zero attached hydrogens (tertiary/aromatic N) is 2. The number of nitrogens with two attached hydrogens (primary N) is 1. The number of likely N-dealkylation sites (tertiary alicyclic amines) is 1. The Kier molecular flexibility index (Phi) is 10.8. The zero-order valence-electron chi connectivity index (χ0n) is 25.3. The lowest BCUT2D eigenvalue weighted by Crippen LogP contribution is -2.48. The van der Waals surface area contributed by atoms with Gasteiger partial charge in [0.1, 0.15) is 0 Å². The fourth-order valence-electron chi connectivity index (χ4n) is 6.14. The summed E-state index contributed by atoms with van der Waals surface area (Å²) in [5, 5.41) is 3.55. The van der Waals surface area contributed by atoms with E-state index < -0.39 is 0 Å². The Morgan fingerprint density at radius 3 is 2.34 bits per heavy atom. The molecule has 4 aromatic carbocycles. The van der Waals surface area contributed by atoms with Crippen LogP contribution in [0.2, 0.25) is 5.02 Å². The number of halogens is 1. The zero-order valence-corrected chi connectivity index (χ0v) is 26.0. The lowest BCUT2D eigenvalue weighted by atomic mass is 9.93. The highest BCUT2D eigenvalue weighted by molar-refractivity contribution is 6.30. The van der Waals surface area contributed by atoms with Gasteiger partial charge in [-0.1, -0.05) is 90.5 Å².